The number of para-hydroxylation sites is 2. The highest BCUT2D eigenvalue weighted by Crippen LogP contribution is 2.35. The molecule has 0 bridgehead atoms. The number of amides is 1. The Balaban J connectivity index is 1.61. The maximum absolute atomic E-state index is 12.7. The van der Waals surface area contributed by atoms with Crippen LogP contribution < -0.4 is 0 Å². The third-order valence-electron chi connectivity index (χ3n) is 5.84. The summed E-state index contributed by atoms with van der Waals surface area (Å²) in [4.78, 5) is 14.8. The van der Waals surface area contributed by atoms with E-state index in [1.807, 2.05) is 0 Å². The zero-order valence-electron chi connectivity index (χ0n) is 14.3. The first-order chi connectivity index (χ1) is 12.3. The van der Waals surface area contributed by atoms with Crippen LogP contribution in [0.5, 0.6) is 0 Å². The van der Waals surface area contributed by atoms with Crippen molar-refractivity contribution in [1.82, 2.24) is 9.47 Å². The van der Waals surface area contributed by atoms with Crippen LogP contribution in [0.25, 0.3) is 16.6 Å². The predicted molar refractivity (Wildman–Crippen MR) is 99.7 cm³/mol. The molecule has 3 nitrogen and oxygen atoms in total. The van der Waals surface area contributed by atoms with E-state index in [-0.39, 0.29) is 5.92 Å². The minimum atomic E-state index is 0.282. The molecule has 1 saturated carbocycles. The topological polar surface area (TPSA) is 25.2 Å². The molecule has 5 rings (SSSR count). The second-order valence-electron chi connectivity index (χ2n) is 7.25. The number of aromatic nitrogens is 1. The molecular weight excluding hydrogens is 308 g/mol. The molecule has 0 spiro atoms. The molecule has 126 valence electrons. The summed E-state index contributed by atoms with van der Waals surface area (Å²) >= 11 is 0. The lowest BCUT2D eigenvalue weighted by Gasteiger charge is -2.34. The first kappa shape index (κ1) is 14.8. The number of hydrogen-bond donors (Lipinski definition) is 0. The zero-order valence-corrected chi connectivity index (χ0v) is 14.3. The maximum Gasteiger partial charge on any atom is 0.225 e. The minimum absolute atomic E-state index is 0.282. The van der Waals surface area contributed by atoms with Gasteiger partial charge in [0.05, 0.1) is 5.52 Å². The van der Waals surface area contributed by atoms with Crippen molar-refractivity contribution in [2.75, 3.05) is 6.54 Å². The molecule has 0 saturated heterocycles. The molecule has 0 atom stereocenters. The molecule has 0 radical (unpaired) electrons. The molecule has 0 N–H and O–H groups in total. The van der Waals surface area contributed by atoms with Gasteiger partial charge in [-0.15, -0.1) is 0 Å². The monoisotopic (exact) mass is 330 g/mol. The van der Waals surface area contributed by atoms with Crippen LogP contribution in [-0.2, 0) is 17.8 Å². The summed E-state index contributed by atoms with van der Waals surface area (Å²) in [6.45, 7) is 1.59. The fourth-order valence-electron chi connectivity index (χ4n) is 4.28. The summed E-state index contributed by atoms with van der Waals surface area (Å²) in [6, 6.07) is 19.2. The van der Waals surface area contributed by atoms with E-state index in [1.165, 1.54) is 34.3 Å². The van der Waals surface area contributed by atoms with Gasteiger partial charge in [0.25, 0.3) is 0 Å². The zero-order chi connectivity index (χ0) is 16.8. The van der Waals surface area contributed by atoms with Crippen LogP contribution in [0.3, 0.4) is 0 Å². The number of benzene rings is 2. The number of fused-ring (bicyclic) bond motifs is 3. The lowest BCUT2D eigenvalue weighted by Crippen LogP contribution is -2.41. The average molecular weight is 330 g/mol. The van der Waals surface area contributed by atoms with Gasteiger partial charge in [0.2, 0.25) is 5.91 Å². The molecule has 0 unspecified atom stereocenters. The van der Waals surface area contributed by atoms with Crippen molar-refractivity contribution in [2.45, 2.75) is 32.2 Å². The highest BCUT2D eigenvalue weighted by Gasteiger charge is 2.33. The second kappa shape index (κ2) is 5.76. The Morgan fingerprint density at radius 1 is 0.960 bits per heavy atom. The summed E-state index contributed by atoms with van der Waals surface area (Å²) in [5.41, 5.74) is 5.15. The number of carbonyl (C=O) groups excluding carboxylic acids is 1. The van der Waals surface area contributed by atoms with E-state index in [0.29, 0.717) is 5.91 Å². The van der Waals surface area contributed by atoms with Gasteiger partial charge in [-0.25, -0.2) is 0 Å². The molecule has 25 heavy (non-hydrogen) atoms. The summed E-state index contributed by atoms with van der Waals surface area (Å²) in [7, 11) is 0. The van der Waals surface area contributed by atoms with Gasteiger partial charge in [-0.1, -0.05) is 42.8 Å². The Morgan fingerprint density at radius 3 is 2.48 bits per heavy atom. The van der Waals surface area contributed by atoms with Crippen LogP contribution in [0.4, 0.5) is 0 Å². The molecular formula is C22H22N2O. The molecule has 1 amide bonds. The molecule has 2 aliphatic rings. The van der Waals surface area contributed by atoms with E-state index in [1.54, 1.807) is 0 Å². The van der Waals surface area contributed by atoms with E-state index in [4.69, 9.17) is 0 Å². The standard InChI is InChI=1S/C22H22N2O/c25-22(16-7-6-8-16)23-14-13-21-19(15-23)18-11-4-5-12-20(18)24(21)17-9-2-1-3-10-17/h1-5,9-12,16H,6-8,13-15H2. The molecule has 1 aromatic heterocycles. The van der Waals surface area contributed by atoms with Crippen LogP contribution in [0, 0.1) is 5.92 Å². The fraction of sp³-hybridized carbons (Fsp3) is 0.318. The van der Waals surface area contributed by atoms with Gasteiger partial charge in [0.1, 0.15) is 0 Å². The van der Waals surface area contributed by atoms with Crippen LogP contribution in [-0.4, -0.2) is 21.9 Å². The summed E-state index contributed by atoms with van der Waals surface area (Å²) < 4.78 is 2.38. The molecule has 1 aliphatic carbocycles. The Morgan fingerprint density at radius 2 is 1.72 bits per heavy atom. The molecule has 3 heteroatoms. The van der Waals surface area contributed by atoms with Crippen molar-refractivity contribution in [1.29, 1.82) is 0 Å². The molecule has 1 fully saturated rings. The minimum Gasteiger partial charge on any atom is -0.338 e. The summed E-state index contributed by atoms with van der Waals surface area (Å²) in [5.74, 6) is 0.650. The van der Waals surface area contributed by atoms with Crippen molar-refractivity contribution in [3.8, 4) is 5.69 Å². The van der Waals surface area contributed by atoms with E-state index in [9.17, 15) is 4.79 Å². The first-order valence-corrected chi connectivity index (χ1v) is 9.28. The molecule has 1 aliphatic heterocycles. The van der Waals surface area contributed by atoms with Gasteiger partial charge in [-0.3, -0.25) is 4.79 Å². The Kier molecular flexibility index (Phi) is 3.40. The van der Waals surface area contributed by atoms with Gasteiger partial charge in [-0.2, -0.15) is 0 Å². The fourth-order valence-corrected chi connectivity index (χ4v) is 4.28. The highest BCUT2D eigenvalue weighted by molar-refractivity contribution is 5.89. The van der Waals surface area contributed by atoms with Crippen molar-refractivity contribution in [3.05, 3.63) is 65.9 Å². The third kappa shape index (κ3) is 2.30. The lowest BCUT2D eigenvalue weighted by molar-refractivity contribution is -0.139. The van der Waals surface area contributed by atoms with Crippen LogP contribution >= 0.6 is 0 Å². The number of hydrogen-bond acceptors (Lipinski definition) is 1. The SMILES string of the molecule is O=C(C1CCC1)N1CCc2c(c3ccccc3n2-c2ccccc2)C1. The van der Waals surface area contributed by atoms with E-state index in [2.05, 4.69) is 64.1 Å². The number of carbonyl (C=O) groups is 1. The number of rotatable bonds is 2. The van der Waals surface area contributed by atoms with Gasteiger partial charge < -0.3 is 9.47 Å². The summed E-state index contributed by atoms with van der Waals surface area (Å²) in [6.07, 6.45) is 4.29. The average Bonchev–Trinajstić information content (AvgIpc) is 2.94. The van der Waals surface area contributed by atoms with Crippen molar-refractivity contribution >= 4 is 16.8 Å². The van der Waals surface area contributed by atoms with Gasteiger partial charge in [-0.05, 0) is 31.0 Å². The number of nitrogens with zero attached hydrogens (tertiary/aromatic N) is 2. The van der Waals surface area contributed by atoms with Crippen molar-refractivity contribution in [2.24, 2.45) is 5.92 Å². The maximum atomic E-state index is 12.7. The summed E-state index contributed by atoms with van der Waals surface area (Å²) in [5, 5.41) is 1.28. The predicted octanol–water partition coefficient (Wildman–Crippen LogP) is 4.32. The molecule has 3 aromatic rings. The Hall–Kier alpha value is -2.55. The largest absolute Gasteiger partial charge is 0.338 e. The van der Waals surface area contributed by atoms with Gasteiger partial charge >= 0.3 is 0 Å². The van der Waals surface area contributed by atoms with E-state index < -0.39 is 0 Å². The van der Waals surface area contributed by atoms with Crippen LogP contribution in [0.1, 0.15) is 30.5 Å². The molecule has 2 heterocycles. The smallest absolute Gasteiger partial charge is 0.225 e. The Bertz CT molecular complexity index is 937. The normalized spacial score (nSPS) is 17.4. The quantitative estimate of drug-likeness (QED) is 0.687. The second-order valence-corrected chi connectivity index (χ2v) is 7.25. The third-order valence-corrected chi connectivity index (χ3v) is 5.84. The van der Waals surface area contributed by atoms with Gasteiger partial charge in [0, 0.05) is 47.8 Å². The molecule has 2 aromatic carbocycles. The van der Waals surface area contributed by atoms with E-state index in [0.717, 1.165) is 32.4 Å². The van der Waals surface area contributed by atoms with Crippen LogP contribution in [0.15, 0.2) is 54.6 Å². The van der Waals surface area contributed by atoms with Crippen LogP contribution in [0.2, 0.25) is 0 Å². The highest BCUT2D eigenvalue weighted by atomic mass is 16.2. The van der Waals surface area contributed by atoms with Crippen molar-refractivity contribution < 1.29 is 4.79 Å². The lowest BCUT2D eigenvalue weighted by atomic mass is 9.84. The first-order valence-electron chi connectivity index (χ1n) is 9.28. The Labute approximate surface area is 147 Å². The van der Waals surface area contributed by atoms with Crippen molar-refractivity contribution in [3.63, 3.8) is 0 Å². The van der Waals surface area contributed by atoms with E-state index >= 15 is 0 Å². The van der Waals surface area contributed by atoms with Gasteiger partial charge in [0.15, 0.2) is 0 Å².